The molecule has 0 nitrogen and oxygen atoms in total. The Morgan fingerprint density at radius 2 is 1.06 bits per heavy atom. The van der Waals surface area contributed by atoms with Crippen LogP contribution in [-0.4, -0.2) is 8.07 Å². The summed E-state index contributed by atoms with van der Waals surface area (Å²) in [5.41, 5.74) is 5.62. The van der Waals surface area contributed by atoms with E-state index >= 15 is 0 Å². The molecule has 0 amide bonds. The molecule has 0 atom stereocenters. The molecule has 1 aliphatic rings. The van der Waals surface area contributed by atoms with Crippen LogP contribution in [-0.2, 0) is 0 Å². The number of hydrogen-bond donors (Lipinski definition) is 0. The number of hydrogen-bond acceptors (Lipinski definition) is 0. The van der Waals surface area contributed by atoms with Crippen molar-refractivity contribution in [2.24, 2.45) is 5.41 Å². The van der Waals surface area contributed by atoms with Crippen molar-refractivity contribution in [2.45, 2.75) is 48.0 Å². The lowest BCUT2D eigenvalue weighted by molar-refractivity contribution is 0.518. The fourth-order valence-electron chi connectivity index (χ4n) is 5.00. The molecule has 0 heterocycles. The molecule has 31 heavy (non-hydrogen) atoms. The number of benzene rings is 3. The van der Waals surface area contributed by atoms with E-state index < -0.39 is 8.07 Å². The van der Waals surface area contributed by atoms with Crippen LogP contribution in [0.5, 0.6) is 0 Å². The van der Waals surface area contributed by atoms with Crippen LogP contribution in [0.2, 0.25) is 0 Å². The smallest absolute Gasteiger partial charge is 0.0771 e. The Hall–Kier alpha value is -2.64. The summed E-state index contributed by atoms with van der Waals surface area (Å²) in [7, 11) is -2.40. The maximum Gasteiger partial charge on any atom is 0.175 e. The van der Waals surface area contributed by atoms with Gasteiger partial charge in [0.2, 0.25) is 0 Å². The normalized spacial score (nSPS) is 14.4. The Bertz CT molecular complexity index is 1060. The minimum atomic E-state index is -2.40. The standard InChI is InChI=1S/C30H34Si/c1-22-10-7-13-26(18-22)31(27-14-8-11-23(2)19-27,28-15-9-12-24(3)20-28)29-17-16-25(21-29)30(4,5)6/h7-16,18-21H,17H2,1-6H3. The Morgan fingerprint density at radius 3 is 1.39 bits per heavy atom. The number of rotatable bonds is 4. The Kier molecular flexibility index (Phi) is 5.66. The van der Waals surface area contributed by atoms with E-state index in [1.807, 2.05) is 0 Å². The molecular weight excluding hydrogens is 388 g/mol. The molecule has 0 N–H and O–H groups in total. The van der Waals surface area contributed by atoms with Crippen LogP contribution in [0, 0.1) is 26.2 Å². The highest BCUT2D eigenvalue weighted by atomic mass is 28.3. The molecule has 0 bridgehead atoms. The second-order valence-corrected chi connectivity index (χ2v) is 14.0. The Labute approximate surface area is 189 Å². The third-order valence-corrected chi connectivity index (χ3v) is 11.4. The molecule has 4 rings (SSSR count). The molecular formula is C30H34Si. The topological polar surface area (TPSA) is 0 Å². The van der Waals surface area contributed by atoms with Crippen molar-refractivity contribution in [1.29, 1.82) is 0 Å². The lowest BCUT2D eigenvalue weighted by Gasteiger charge is -2.36. The van der Waals surface area contributed by atoms with Gasteiger partial charge in [-0.15, -0.1) is 0 Å². The fraction of sp³-hybridized carbons (Fsp3) is 0.267. The van der Waals surface area contributed by atoms with Crippen LogP contribution in [0.3, 0.4) is 0 Å². The van der Waals surface area contributed by atoms with E-state index in [9.17, 15) is 0 Å². The van der Waals surface area contributed by atoms with Crippen LogP contribution in [0.25, 0.3) is 0 Å². The van der Waals surface area contributed by atoms with Crippen molar-refractivity contribution in [3.05, 3.63) is 112 Å². The number of allylic oxidation sites excluding steroid dienone is 4. The average molecular weight is 423 g/mol. The number of aryl methyl sites for hydroxylation is 3. The zero-order chi connectivity index (χ0) is 22.2. The van der Waals surface area contributed by atoms with Crippen LogP contribution < -0.4 is 15.6 Å². The van der Waals surface area contributed by atoms with Gasteiger partial charge in [-0.2, -0.15) is 0 Å². The van der Waals surface area contributed by atoms with Gasteiger partial charge in [-0.05, 0) is 53.7 Å². The summed E-state index contributed by atoms with van der Waals surface area (Å²) in [6.07, 6.45) is 6.05. The van der Waals surface area contributed by atoms with Crippen molar-refractivity contribution < 1.29 is 0 Å². The van der Waals surface area contributed by atoms with Gasteiger partial charge in [0.1, 0.15) is 0 Å². The van der Waals surface area contributed by atoms with E-state index in [1.165, 1.54) is 37.8 Å². The van der Waals surface area contributed by atoms with Crippen molar-refractivity contribution in [3.8, 4) is 0 Å². The van der Waals surface area contributed by atoms with Gasteiger partial charge in [-0.25, -0.2) is 0 Å². The second kappa shape index (κ2) is 8.13. The zero-order valence-corrected chi connectivity index (χ0v) is 20.8. The highest BCUT2D eigenvalue weighted by molar-refractivity contribution is 7.16. The highest BCUT2D eigenvalue weighted by Crippen LogP contribution is 2.36. The Balaban J connectivity index is 2.10. The van der Waals surface area contributed by atoms with Gasteiger partial charge in [0, 0.05) is 0 Å². The van der Waals surface area contributed by atoms with Gasteiger partial charge < -0.3 is 0 Å². The van der Waals surface area contributed by atoms with Gasteiger partial charge in [-0.3, -0.25) is 0 Å². The largest absolute Gasteiger partial charge is 0.175 e. The molecule has 0 spiro atoms. The fourth-order valence-corrected chi connectivity index (χ4v) is 10.3. The van der Waals surface area contributed by atoms with E-state index in [0.717, 1.165) is 6.42 Å². The maximum absolute atomic E-state index is 2.54. The summed E-state index contributed by atoms with van der Waals surface area (Å²) >= 11 is 0. The van der Waals surface area contributed by atoms with Crippen molar-refractivity contribution in [3.63, 3.8) is 0 Å². The van der Waals surface area contributed by atoms with Crippen LogP contribution >= 0.6 is 0 Å². The summed E-state index contributed by atoms with van der Waals surface area (Å²) in [6.45, 7) is 13.6. The third-order valence-electron chi connectivity index (χ3n) is 6.57. The van der Waals surface area contributed by atoms with Gasteiger partial charge in [0.05, 0.1) is 0 Å². The van der Waals surface area contributed by atoms with E-state index in [-0.39, 0.29) is 5.41 Å². The lowest BCUT2D eigenvalue weighted by Crippen LogP contribution is -2.68. The lowest BCUT2D eigenvalue weighted by atomic mass is 9.87. The summed E-state index contributed by atoms with van der Waals surface area (Å²) in [5.74, 6) is 0. The predicted molar refractivity (Wildman–Crippen MR) is 138 cm³/mol. The second-order valence-electron chi connectivity index (χ2n) is 10.1. The summed E-state index contributed by atoms with van der Waals surface area (Å²) in [4.78, 5) is 0. The van der Waals surface area contributed by atoms with E-state index in [2.05, 4.69) is 126 Å². The van der Waals surface area contributed by atoms with Crippen molar-refractivity contribution >= 4 is 23.6 Å². The van der Waals surface area contributed by atoms with Crippen LogP contribution in [0.15, 0.2) is 95.7 Å². The summed E-state index contributed by atoms with van der Waals surface area (Å²) in [6, 6.07) is 27.8. The highest BCUT2D eigenvalue weighted by Gasteiger charge is 2.44. The van der Waals surface area contributed by atoms with Crippen molar-refractivity contribution in [1.82, 2.24) is 0 Å². The molecule has 1 heteroatoms. The Morgan fingerprint density at radius 1 is 0.645 bits per heavy atom. The van der Waals surface area contributed by atoms with Gasteiger partial charge in [-0.1, -0.05) is 128 Å². The SMILES string of the molecule is Cc1cccc([Si](C2=CC(C(C)(C)C)=CC2)(c2cccc(C)c2)c2cccc(C)c2)c1. The quantitative estimate of drug-likeness (QED) is 0.361. The van der Waals surface area contributed by atoms with E-state index in [0.29, 0.717) is 0 Å². The molecule has 3 aromatic rings. The first-order valence-electron chi connectivity index (χ1n) is 11.3. The van der Waals surface area contributed by atoms with E-state index in [1.54, 1.807) is 5.20 Å². The van der Waals surface area contributed by atoms with Gasteiger partial charge >= 0.3 is 0 Å². The summed E-state index contributed by atoms with van der Waals surface area (Å²) in [5, 5.41) is 6.05. The first-order valence-corrected chi connectivity index (χ1v) is 13.3. The molecule has 0 radical (unpaired) electrons. The van der Waals surface area contributed by atoms with E-state index in [4.69, 9.17) is 0 Å². The first-order chi connectivity index (χ1) is 14.7. The minimum Gasteiger partial charge on any atom is -0.0771 e. The molecule has 0 aliphatic heterocycles. The molecule has 3 aromatic carbocycles. The van der Waals surface area contributed by atoms with Crippen LogP contribution in [0.4, 0.5) is 0 Å². The maximum atomic E-state index is 2.54. The van der Waals surface area contributed by atoms with Gasteiger partial charge in [0.15, 0.2) is 8.07 Å². The molecule has 1 aliphatic carbocycles. The summed E-state index contributed by atoms with van der Waals surface area (Å²) < 4.78 is 0. The monoisotopic (exact) mass is 422 g/mol. The molecule has 0 saturated carbocycles. The molecule has 0 unspecified atom stereocenters. The third kappa shape index (κ3) is 3.99. The predicted octanol–water partition coefficient (Wildman–Crippen LogP) is 5.92. The molecule has 0 aromatic heterocycles. The van der Waals surface area contributed by atoms with Crippen molar-refractivity contribution in [2.75, 3.05) is 0 Å². The first kappa shape index (κ1) is 21.6. The molecule has 0 saturated heterocycles. The zero-order valence-electron chi connectivity index (χ0n) is 19.8. The molecule has 0 fully saturated rings. The molecule has 158 valence electrons. The van der Waals surface area contributed by atoms with Gasteiger partial charge in [0.25, 0.3) is 0 Å². The average Bonchev–Trinajstić information content (AvgIpc) is 3.20. The minimum absolute atomic E-state index is 0.160. The van der Waals surface area contributed by atoms with Crippen LogP contribution in [0.1, 0.15) is 43.9 Å².